The van der Waals surface area contributed by atoms with Crippen LogP contribution in [0.2, 0.25) is 0 Å². The van der Waals surface area contributed by atoms with E-state index in [2.05, 4.69) is 15.1 Å². The third-order valence-electron chi connectivity index (χ3n) is 5.26. The molecule has 0 aliphatic heterocycles. The van der Waals surface area contributed by atoms with Gasteiger partial charge in [-0.15, -0.1) is 0 Å². The first-order valence-electron chi connectivity index (χ1n) is 10.6. The Kier molecular flexibility index (Phi) is 7.01. The minimum Gasteiger partial charge on any atom is -0.339 e. The summed E-state index contributed by atoms with van der Waals surface area (Å²) in [5, 5.41) is 3.97. The molecule has 1 amide bonds. The van der Waals surface area contributed by atoms with E-state index >= 15 is 0 Å². The summed E-state index contributed by atoms with van der Waals surface area (Å²) >= 11 is 0. The number of rotatable bonds is 8. The van der Waals surface area contributed by atoms with Crippen LogP contribution in [0.15, 0.2) is 83.6 Å². The lowest BCUT2D eigenvalue weighted by Crippen LogP contribution is -2.35. The number of hydrogen-bond donors (Lipinski definition) is 0. The van der Waals surface area contributed by atoms with E-state index < -0.39 is 11.7 Å². The molecule has 0 atom stereocenters. The highest BCUT2D eigenvalue weighted by Gasteiger charge is 2.30. The standard InChI is InChI=1S/C25H21F3N4O2/c26-25(27,28)21-8-6-20(7-9-21)24(33)32(16-12-18-4-2-1-3-5-18)17-13-22-30-23(31-34-22)19-10-14-29-15-11-19/h1-11,14-15H,12-13,16-17H2. The third kappa shape index (κ3) is 5.86. The molecule has 2 heterocycles. The average molecular weight is 466 g/mol. The van der Waals surface area contributed by atoms with Crippen molar-refractivity contribution in [3.05, 3.63) is 102 Å². The van der Waals surface area contributed by atoms with E-state index in [1.54, 1.807) is 29.4 Å². The number of carbonyl (C=O) groups is 1. The Morgan fingerprint density at radius 3 is 2.24 bits per heavy atom. The summed E-state index contributed by atoms with van der Waals surface area (Å²) in [5.74, 6) is 0.414. The number of benzene rings is 2. The van der Waals surface area contributed by atoms with Crippen molar-refractivity contribution in [1.82, 2.24) is 20.0 Å². The topological polar surface area (TPSA) is 72.1 Å². The van der Waals surface area contributed by atoms with Gasteiger partial charge in [-0.3, -0.25) is 9.78 Å². The molecule has 6 nitrogen and oxygen atoms in total. The van der Waals surface area contributed by atoms with E-state index in [0.29, 0.717) is 31.1 Å². The van der Waals surface area contributed by atoms with E-state index in [1.807, 2.05) is 30.3 Å². The quantitative estimate of drug-likeness (QED) is 0.362. The van der Waals surface area contributed by atoms with Gasteiger partial charge in [0.2, 0.25) is 11.7 Å². The zero-order valence-corrected chi connectivity index (χ0v) is 18.1. The number of halogens is 3. The molecule has 2 aromatic heterocycles. The van der Waals surface area contributed by atoms with Crippen LogP contribution < -0.4 is 0 Å². The van der Waals surface area contributed by atoms with Crippen molar-refractivity contribution in [3.8, 4) is 11.4 Å². The summed E-state index contributed by atoms with van der Waals surface area (Å²) in [6.45, 7) is 0.653. The summed E-state index contributed by atoms with van der Waals surface area (Å²) in [6.07, 6.45) is -0.309. The van der Waals surface area contributed by atoms with Crippen LogP contribution in [0.4, 0.5) is 13.2 Å². The van der Waals surface area contributed by atoms with Gasteiger partial charge in [-0.05, 0) is 48.4 Å². The van der Waals surface area contributed by atoms with Crippen LogP contribution in [0.25, 0.3) is 11.4 Å². The molecule has 0 bridgehead atoms. The maximum Gasteiger partial charge on any atom is 0.416 e. The van der Waals surface area contributed by atoms with E-state index in [-0.39, 0.29) is 18.0 Å². The summed E-state index contributed by atoms with van der Waals surface area (Å²) in [7, 11) is 0. The van der Waals surface area contributed by atoms with Gasteiger partial charge in [0.25, 0.3) is 5.91 Å². The van der Waals surface area contributed by atoms with Gasteiger partial charge in [-0.2, -0.15) is 18.2 Å². The van der Waals surface area contributed by atoms with Crippen LogP contribution in [0, 0.1) is 0 Å². The van der Waals surface area contributed by atoms with Crippen LogP contribution in [0.5, 0.6) is 0 Å². The van der Waals surface area contributed by atoms with Gasteiger partial charge in [0, 0.05) is 43.0 Å². The molecule has 0 aliphatic carbocycles. The Balaban J connectivity index is 1.48. The van der Waals surface area contributed by atoms with E-state index in [9.17, 15) is 18.0 Å². The first-order chi connectivity index (χ1) is 16.4. The Morgan fingerprint density at radius 2 is 1.56 bits per heavy atom. The number of nitrogens with zero attached hydrogens (tertiary/aromatic N) is 4. The second-order valence-electron chi connectivity index (χ2n) is 7.60. The third-order valence-corrected chi connectivity index (χ3v) is 5.26. The Labute approximate surface area is 194 Å². The molecule has 9 heteroatoms. The second kappa shape index (κ2) is 10.3. The lowest BCUT2D eigenvalue weighted by atomic mass is 10.1. The molecular weight excluding hydrogens is 445 g/mol. The summed E-state index contributed by atoms with van der Waals surface area (Å²) in [5.41, 5.74) is 1.19. The SMILES string of the molecule is O=C(c1ccc(C(F)(F)F)cc1)N(CCc1ccccc1)CCc1nc(-c2ccncc2)no1. The normalized spacial score (nSPS) is 11.4. The molecule has 0 saturated heterocycles. The van der Waals surface area contributed by atoms with Crippen molar-refractivity contribution < 1.29 is 22.5 Å². The predicted octanol–water partition coefficient (Wildman–Crippen LogP) is 5.08. The zero-order valence-electron chi connectivity index (χ0n) is 18.1. The van der Waals surface area contributed by atoms with Crippen molar-refractivity contribution in [2.45, 2.75) is 19.0 Å². The Morgan fingerprint density at radius 1 is 0.882 bits per heavy atom. The van der Waals surface area contributed by atoms with Crippen LogP contribution in [0.3, 0.4) is 0 Å². The number of alkyl halides is 3. The first kappa shape index (κ1) is 23.2. The zero-order chi connectivity index (χ0) is 24.0. The molecule has 34 heavy (non-hydrogen) atoms. The molecule has 0 saturated carbocycles. The fourth-order valence-corrected chi connectivity index (χ4v) is 3.41. The Hall–Kier alpha value is -4.01. The molecule has 4 aromatic rings. The van der Waals surface area contributed by atoms with Crippen LogP contribution in [0.1, 0.15) is 27.4 Å². The number of amides is 1. The maximum absolute atomic E-state index is 13.1. The molecule has 0 radical (unpaired) electrons. The summed E-state index contributed by atoms with van der Waals surface area (Å²) in [4.78, 5) is 23.1. The fourth-order valence-electron chi connectivity index (χ4n) is 3.41. The molecule has 0 spiro atoms. The van der Waals surface area contributed by atoms with Gasteiger partial charge in [-0.25, -0.2) is 0 Å². The van der Waals surface area contributed by atoms with Crippen molar-refractivity contribution >= 4 is 5.91 Å². The number of hydrogen-bond acceptors (Lipinski definition) is 5. The monoisotopic (exact) mass is 466 g/mol. The molecule has 0 fully saturated rings. The van der Waals surface area contributed by atoms with Gasteiger partial charge in [0.05, 0.1) is 5.56 Å². The molecule has 4 rings (SSSR count). The first-order valence-corrected chi connectivity index (χ1v) is 10.6. The van der Waals surface area contributed by atoms with Crippen LogP contribution in [-0.2, 0) is 19.0 Å². The van der Waals surface area contributed by atoms with Gasteiger partial charge in [-0.1, -0.05) is 35.5 Å². The highest BCUT2D eigenvalue weighted by atomic mass is 19.4. The van der Waals surface area contributed by atoms with Gasteiger partial charge in [0.1, 0.15) is 0 Å². The van der Waals surface area contributed by atoms with Crippen molar-refractivity contribution in [3.63, 3.8) is 0 Å². The fraction of sp³-hybridized carbons (Fsp3) is 0.200. The van der Waals surface area contributed by atoms with Gasteiger partial charge < -0.3 is 9.42 Å². The lowest BCUT2D eigenvalue weighted by molar-refractivity contribution is -0.137. The number of pyridine rings is 1. The number of aromatic nitrogens is 3. The van der Waals surface area contributed by atoms with Crippen molar-refractivity contribution in [2.24, 2.45) is 0 Å². The summed E-state index contributed by atoms with van der Waals surface area (Å²) in [6, 6.07) is 17.4. The lowest BCUT2D eigenvalue weighted by Gasteiger charge is -2.22. The Bertz CT molecular complexity index is 1210. The van der Waals surface area contributed by atoms with Crippen molar-refractivity contribution in [1.29, 1.82) is 0 Å². The second-order valence-corrected chi connectivity index (χ2v) is 7.60. The molecule has 0 unspecified atom stereocenters. The largest absolute Gasteiger partial charge is 0.416 e. The van der Waals surface area contributed by atoms with E-state index in [4.69, 9.17) is 4.52 Å². The minimum atomic E-state index is -4.46. The van der Waals surface area contributed by atoms with E-state index in [1.165, 1.54) is 12.1 Å². The van der Waals surface area contributed by atoms with Crippen LogP contribution in [-0.4, -0.2) is 39.0 Å². The molecule has 0 N–H and O–H groups in total. The minimum absolute atomic E-state index is 0.184. The number of carbonyl (C=O) groups excluding carboxylic acids is 1. The van der Waals surface area contributed by atoms with Crippen LogP contribution >= 0.6 is 0 Å². The highest BCUT2D eigenvalue weighted by Crippen LogP contribution is 2.29. The van der Waals surface area contributed by atoms with E-state index in [0.717, 1.165) is 23.3 Å². The highest BCUT2D eigenvalue weighted by molar-refractivity contribution is 5.94. The smallest absolute Gasteiger partial charge is 0.339 e. The van der Waals surface area contributed by atoms with Gasteiger partial charge >= 0.3 is 6.18 Å². The molecular formula is C25H21F3N4O2. The molecule has 0 aliphatic rings. The predicted molar refractivity (Wildman–Crippen MR) is 119 cm³/mol. The maximum atomic E-state index is 13.1. The molecule has 174 valence electrons. The molecule has 2 aromatic carbocycles. The summed E-state index contributed by atoms with van der Waals surface area (Å²) < 4.78 is 44.0. The average Bonchev–Trinajstić information content (AvgIpc) is 3.33. The van der Waals surface area contributed by atoms with Crippen molar-refractivity contribution in [2.75, 3.05) is 13.1 Å². The van der Waals surface area contributed by atoms with Gasteiger partial charge in [0.15, 0.2) is 0 Å².